The maximum absolute atomic E-state index is 12.1. The lowest BCUT2D eigenvalue weighted by Gasteiger charge is -2.01. The van der Waals surface area contributed by atoms with Crippen LogP contribution in [0, 0.1) is 0 Å². The van der Waals surface area contributed by atoms with Crippen molar-refractivity contribution in [3.63, 3.8) is 0 Å². The van der Waals surface area contributed by atoms with Gasteiger partial charge in [-0.3, -0.25) is 9.59 Å². The van der Waals surface area contributed by atoms with Crippen molar-refractivity contribution in [2.45, 2.75) is 20.3 Å². The molecule has 0 aromatic heterocycles. The van der Waals surface area contributed by atoms with Crippen LogP contribution in [0.5, 0.6) is 0 Å². The number of hydrogen-bond donors (Lipinski definition) is 0. The van der Waals surface area contributed by atoms with Crippen LogP contribution in [0.3, 0.4) is 0 Å². The van der Waals surface area contributed by atoms with Crippen molar-refractivity contribution in [3.05, 3.63) is 71.3 Å². The number of carbonyl (C=O) groups excluding carboxylic acids is 2. The predicted octanol–water partition coefficient (Wildman–Crippen LogP) is 4.15. The Morgan fingerprint density at radius 2 is 1.79 bits per heavy atom. The molecule has 2 rings (SSSR count). The molecule has 0 atom stereocenters. The van der Waals surface area contributed by atoms with Crippen molar-refractivity contribution in [1.82, 2.24) is 0 Å². The highest BCUT2D eigenvalue weighted by molar-refractivity contribution is 6.10. The van der Waals surface area contributed by atoms with E-state index < -0.39 is 0 Å². The number of rotatable bonds is 3. The molecule has 0 radical (unpaired) electrons. The Morgan fingerprint density at radius 3 is 2.42 bits per heavy atom. The van der Waals surface area contributed by atoms with Crippen molar-refractivity contribution < 1.29 is 9.59 Å². The SMILES string of the molecule is CC.O=Cc1ccc(C(=O)C2=CC=CCC=C2)cc1. The maximum atomic E-state index is 12.1. The first-order chi connectivity index (χ1) is 9.31. The summed E-state index contributed by atoms with van der Waals surface area (Å²) < 4.78 is 0. The number of ketones is 1. The first-order valence-corrected chi connectivity index (χ1v) is 6.44. The molecule has 0 heterocycles. The standard InChI is InChI=1S/C15H12O2.C2H6/c16-11-12-7-9-14(10-8-12)15(17)13-5-3-1-2-4-6-13;1-2/h1,3-11H,2H2;1-2H3. The van der Waals surface area contributed by atoms with Crippen LogP contribution in [0.25, 0.3) is 0 Å². The molecule has 1 aromatic rings. The van der Waals surface area contributed by atoms with E-state index in [1.165, 1.54) is 0 Å². The number of carbonyl (C=O) groups is 2. The molecule has 0 spiro atoms. The number of benzene rings is 1. The van der Waals surface area contributed by atoms with Crippen LogP contribution in [0.15, 0.2) is 60.2 Å². The molecule has 0 amide bonds. The predicted molar refractivity (Wildman–Crippen MR) is 78.5 cm³/mol. The molecule has 0 aliphatic heterocycles. The van der Waals surface area contributed by atoms with Gasteiger partial charge >= 0.3 is 0 Å². The highest BCUT2D eigenvalue weighted by atomic mass is 16.1. The summed E-state index contributed by atoms with van der Waals surface area (Å²) in [6, 6.07) is 6.65. The van der Waals surface area contributed by atoms with Crippen molar-refractivity contribution in [2.75, 3.05) is 0 Å². The number of aldehydes is 1. The zero-order valence-corrected chi connectivity index (χ0v) is 11.3. The van der Waals surface area contributed by atoms with Crippen LogP contribution >= 0.6 is 0 Å². The molecular formula is C17H18O2. The van der Waals surface area contributed by atoms with E-state index >= 15 is 0 Å². The van der Waals surface area contributed by atoms with Crippen molar-refractivity contribution in [2.24, 2.45) is 0 Å². The molecule has 0 N–H and O–H groups in total. The van der Waals surface area contributed by atoms with Gasteiger partial charge in [-0.05, 0) is 6.42 Å². The molecule has 2 heteroatoms. The van der Waals surface area contributed by atoms with Crippen LogP contribution in [0.2, 0.25) is 0 Å². The van der Waals surface area contributed by atoms with Crippen LogP contribution in [0.4, 0.5) is 0 Å². The zero-order chi connectivity index (χ0) is 14.1. The third-order valence-electron chi connectivity index (χ3n) is 2.55. The van der Waals surface area contributed by atoms with Gasteiger partial charge in [-0.25, -0.2) is 0 Å². The van der Waals surface area contributed by atoms with E-state index in [1.807, 2.05) is 38.2 Å². The monoisotopic (exact) mass is 254 g/mol. The quantitative estimate of drug-likeness (QED) is 0.599. The Hall–Kier alpha value is -2.22. The summed E-state index contributed by atoms with van der Waals surface area (Å²) in [5, 5.41) is 0. The summed E-state index contributed by atoms with van der Waals surface area (Å²) in [4.78, 5) is 22.6. The van der Waals surface area contributed by atoms with E-state index in [1.54, 1.807) is 30.3 Å². The first-order valence-electron chi connectivity index (χ1n) is 6.44. The number of allylic oxidation sites excluding steroid dienone is 6. The second kappa shape index (κ2) is 7.98. The van der Waals surface area contributed by atoms with Gasteiger partial charge in [0, 0.05) is 16.7 Å². The van der Waals surface area contributed by atoms with E-state index in [4.69, 9.17) is 0 Å². The van der Waals surface area contributed by atoms with Crippen LogP contribution < -0.4 is 0 Å². The van der Waals surface area contributed by atoms with Crippen molar-refractivity contribution in [3.8, 4) is 0 Å². The molecule has 1 aliphatic rings. The fourth-order valence-corrected chi connectivity index (χ4v) is 1.61. The highest BCUT2D eigenvalue weighted by Crippen LogP contribution is 2.13. The Bertz CT molecular complexity index is 517. The van der Waals surface area contributed by atoms with Crippen LogP contribution in [0.1, 0.15) is 41.0 Å². The lowest BCUT2D eigenvalue weighted by atomic mass is 10.0. The smallest absolute Gasteiger partial charge is 0.193 e. The summed E-state index contributed by atoms with van der Waals surface area (Å²) in [5.41, 5.74) is 1.84. The van der Waals surface area contributed by atoms with Crippen molar-refractivity contribution in [1.29, 1.82) is 0 Å². The van der Waals surface area contributed by atoms with E-state index in [9.17, 15) is 9.59 Å². The third-order valence-corrected chi connectivity index (χ3v) is 2.55. The molecule has 1 aliphatic carbocycles. The summed E-state index contributed by atoms with van der Waals surface area (Å²) >= 11 is 0. The Balaban J connectivity index is 0.000000861. The van der Waals surface area contributed by atoms with E-state index in [0.29, 0.717) is 16.7 Å². The molecule has 98 valence electrons. The van der Waals surface area contributed by atoms with Gasteiger partial charge in [0.2, 0.25) is 0 Å². The second-order valence-electron chi connectivity index (χ2n) is 3.76. The normalized spacial score (nSPS) is 12.8. The fourth-order valence-electron chi connectivity index (χ4n) is 1.61. The maximum Gasteiger partial charge on any atom is 0.193 e. The van der Waals surface area contributed by atoms with E-state index in [0.717, 1.165) is 12.7 Å². The van der Waals surface area contributed by atoms with Gasteiger partial charge in [0.25, 0.3) is 0 Å². The molecule has 0 bridgehead atoms. The summed E-state index contributed by atoms with van der Waals surface area (Å²) in [5.74, 6) is -0.0229. The van der Waals surface area contributed by atoms with Gasteiger partial charge in [0.1, 0.15) is 6.29 Å². The summed E-state index contributed by atoms with van der Waals surface area (Å²) in [6.45, 7) is 4.00. The minimum atomic E-state index is -0.0229. The largest absolute Gasteiger partial charge is 0.298 e. The zero-order valence-electron chi connectivity index (χ0n) is 11.3. The minimum Gasteiger partial charge on any atom is -0.298 e. The molecule has 0 unspecified atom stereocenters. The Labute approximate surface area is 114 Å². The first kappa shape index (κ1) is 14.8. The van der Waals surface area contributed by atoms with Crippen LogP contribution in [-0.2, 0) is 0 Å². The molecule has 19 heavy (non-hydrogen) atoms. The van der Waals surface area contributed by atoms with Gasteiger partial charge in [0.05, 0.1) is 0 Å². The number of Topliss-reactive ketones (excluding diaryl/α,β-unsaturated/α-hetero) is 1. The third kappa shape index (κ3) is 4.18. The average molecular weight is 254 g/mol. The summed E-state index contributed by atoms with van der Waals surface area (Å²) in [6.07, 6.45) is 11.1. The van der Waals surface area contributed by atoms with Gasteiger partial charge in [-0.15, -0.1) is 0 Å². The molecule has 2 nitrogen and oxygen atoms in total. The molecule has 0 saturated carbocycles. The molecule has 1 aromatic carbocycles. The molecular weight excluding hydrogens is 236 g/mol. The van der Waals surface area contributed by atoms with E-state index in [-0.39, 0.29) is 5.78 Å². The molecule has 0 fully saturated rings. The van der Waals surface area contributed by atoms with Gasteiger partial charge < -0.3 is 0 Å². The number of hydrogen-bond acceptors (Lipinski definition) is 2. The van der Waals surface area contributed by atoms with E-state index in [2.05, 4.69) is 0 Å². The van der Waals surface area contributed by atoms with Gasteiger partial charge in [-0.1, -0.05) is 68.5 Å². The lowest BCUT2D eigenvalue weighted by molar-refractivity contribution is 0.103. The van der Waals surface area contributed by atoms with Crippen LogP contribution in [-0.4, -0.2) is 12.1 Å². The summed E-state index contributed by atoms with van der Waals surface area (Å²) in [7, 11) is 0. The Morgan fingerprint density at radius 1 is 1.11 bits per heavy atom. The Kier molecular flexibility index (Phi) is 6.23. The average Bonchev–Trinajstić information content (AvgIpc) is 2.78. The van der Waals surface area contributed by atoms with Gasteiger partial charge in [0.15, 0.2) is 5.78 Å². The molecule has 0 saturated heterocycles. The lowest BCUT2D eigenvalue weighted by Crippen LogP contribution is -2.01. The highest BCUT2D eigenvalue weighted by Gasteiger charge is 2.09. The minimum absolute atomic E-state index is 0.0229. The van der Waals surface area contributed by atoms with Crippen molar-refractivity contribution >= 4 is 12.1 Å². The van der Waals surface area contributed by atoms with Gasteiger partial charge in [-0.2, -0.15) is 0 Å². The second-order valence-corrected chi connectivity index (χ2v) is 3.76. The topological polar surface area (TPSA) is 34.1 Å². The fraction of sp³-hybridized carbons (Fsp3) is 0.176.